The Balaban J connectivity index is 3.14. The molecule has 1 aromatic heterocycles. The fourth-order valence-corrected chi connectivity index (χ4v) is 2.02. The molecule has 13 heavy (non-hydrogen) atoms. The van der Waals surface area contributed by atoms with E-state index >= 15 is 0 Å². The van der Waals surface area contributed by atoms with Crippen LogP contribution in [0.1, 0.15) is 12.5 Å². The predicted octanol–water partition coefficient (Wildman–Crippen LogP) is 2.97. The summed E-state index contributed by atoms with van der Waals surface area (Å²) in [6.45, 7) is 2.57. The van der Waals surface area contributed by atoms with Gasteiger partial charge in [-0.2, -0.15) is 0 Å². The first-order chi connectivity index (χ1) is 6.15. The van der Waals surface area contributed by atoms with E-state index in [1.807, 2.05) is 13.0 Å². The zero-order chi connectivity index (χ0) is 9.84. The number of halogens is 2. The molecule has 1 rings (SSSR count). The van der Waals surface area contributed by atoms with Gasteiger partial charge in [0.25, 0.3) is 0 Å². The summed E-state index contributed by atoms with van der Waals surface area (Å²) in [7, 11) is 0. The Kier molecular flexibility index (Phi) is 4.09. The summed E-state index contributed by atoms with van der Waals surface area (Å²) in [5, 5.41) is 0. The van der Waals surface area contributed by atoms with Crippen LogP contribution in [0.5, 0.6) is 0 Å². The summed E-state index contributed by atoms with van der Waals surface area (Å²) in [6.07, 6.45) is 5.57. The summed E-state index contributed by atoms with van der Waals surface area (Å²) in [4.78, 5) is 4.02. The molecular formula is C9H10Br2N2. The van der Waals surface area contributed by atoms with Crippen LogP contribution in [-0.2, 0) is 0 Å². The number of pyridine rings is 1. The van der Waals surface area contributed by atoms with Gasteiger partial charge in [0.2, 0.25) is 0 Å². The molecular weight excluding hydrogens is 296 g/mol. The fourth-order valence-electron chi connectivity index (χ4n) is 0.865. The molecule has 70 valence electrons. The van der Waals surface area contributed by atoms with Crippen LogP contribution in [0.15, 0.2) is 26.9 Å². The van der Waals surface area contributed by atoms with Crippen LogP contribution in [0.4, 0.5) is 0 Å². The molecule has 1 aromatic rings. The van der Waals surface area contributed by atoms with E-state index in [0.29, 0.717) is 6.54 Å². The lowest BCUT2D eigenvalue weighted by atomic mass is 10.2. The van der Waals surface area contributed by atoms with Crippen LogP contribution in [-0.4, -0.2) is 11.5 Å². The quantitative estimate of drug-likeness (QED) is 0.912. The highest BCUT2D eigenvalue weighted by atomic mass is 79.9. The van der Waals surface area contributed by atoms with Gasteiger partial charge in [-0.05, 0) is 38.8 Å². The number of hydrogen-bond donors (Lipinski definition) is 1. The summed E-state index contributed by atoms with van der Waals surface area (Å²) in [5.41, 5.74) is 7.72. The van der Waals surface area contributed by atoms with Crippen molar-refractivity contribution in [3.05, 3.63) is 32.5 Å². The summed E-state index contributed by atoms with van der Waals surface area (Å²) < 4.78 is 1.93. The molecule has 0 fully saturated rings. The van der Waals surface area contributed by atoms with Gasteiger partial charge in [0.15, 0.2) is 0 Å². The maximum Gasteiger partial charge on any atom is 0.0442 e. The third-order valence-corrected chi connectivity index (χ3v) is 2.87. The molecule has 2 N–H and O–H groups in total. The van der Waals surface area contributed by atoms with Gasteiger partial charge < -0.3 is 5.73 Å². The first-order valence-electron chi connectivity index (χ1n) is 3.81. The largest absolute Gasteiger partial charge is 0.327 e. The SMILES string of the molecule is C/C(=C\c1c(Br)cncc1Br)CN. The molecule has 0 spiro atoms. The van der Waals surface area contributed by atoms with Gasteiger partial charge in [-0.25, -0.2) is 0 Å². The van der Waals surface area contributed by atoms with Crippen molar-refractivity contribution in [3.63, 3.8) is 0 Å². The zero-order valence-electron chi connectivity index (χ0n) is 7.22. The van der Waals surface area contributed by atoms with Gasteiger partial charge in [0.1, 0.15) is 0 Å². The molecule has 1 heterocycles. The van der Waals surface area contributed by atoms with E-state index in [1.165, 1.54) is 0 Å². The predicted molar refractivity (Wildman–Crippen MR) is 62.3 cm³/mol. The standard InChI is InChI=1S/C9H10Br2N2/c1-6(3-12)2-7-8(10)4-13-5-9(7)11/h2,4-5H,3,12H2,1H3/b6-2+. The van der Waals surface area contributed by atoms with E-state index in [0.717, 1.165) is 20.1 Å². The second kappa shape index (κ2) is 4.88. The molecule has 0 aliphatic heterocycles. The van der Waals surface area contributed by atoms with Crippen molar-refractivity contribution in [1.29, 1.82) is 0 Å². The van der Waals surface area contributed by atoms with E-state index in [4.69, 9.17) is 5.73 Å². The number of hydrogen-bond acceptors (Lipinski definition) is 2. The molecule has 0 atom stereocenters. The van der Waals surface area contributed by atoms with Crippen LogP contribution in [0.3, 0.4) is 0 Å². The second-order valence-corrected chi connectivity index (χ2v) is 4.42. The highest BCUT2D eigenvalue weighted by Crippen LogP contribution is 2.25. The number of nitrogens with zero attached hydrogens (tertiary/aromatic N) is 1. The minimum absolute atomic E-state index is 0.571. The third kappa shape index (κ3) is 2.90. The molecule has 0 aromatic carbocycles. The highest BCUT2D eigenvalue weighted by molar-refractivity contribution is 9.11. The zero-order valence-corrected chi connectivity index (χ0v) is 10.4. The highest BCUT2D eigenvalue weighted by Gasteiger charge is 2.01. The van der Waals surface area contributed by atoms with Crippen molar-refractivity contribution in [1.82, 2.24) is 4.98 Å². The van der Waals surface area contributed by atoms with Crippen LogP contribution >= 0.6 is 31.9 Å². The van der Waals surface area contributed by atoms with Crippen molar-refractivity contribution < 1.29 is 0 Å². The molecule has 0 saturated heterocycles. The van der Waals surface area contributed by atoms with E-state index in [1.54, 1.807) is 12.4 Å². The topological polar surface area (TPSA) is 38.9 Å². The third-order valence-electron chi connectivity index (χ3n) is 1.60. The van der Waals surface area contributed by atoms with Gasteiger partial charge >= 0.3 is 0 Å². The maximum absolute atomic E-state index is 5.51. The van der Waals surface area contributed by atoms with Crippen LogP contribution in [0.25, 0.3) is 6.08 Å². The first-order valence-corrected chi connectivity index (χ1v) is 5.40. The monoisotopic (exact) mass is 304 g/mol. The number of rotatable bonds is 2. The van der Waals surface area contributed by atoms with Crippen molar-refractivity contribution in [2.75, 3.05) is 6.54 Å². The minimum Gasteiger partial charge on any atom is -0.327 e. The van der Waals surface area contributed by atoms with E-state index in [9.17, 15) is 0 Å². The molecule has 2 nitrogen and oxygen atoms in total. The number of nitrogens with two attached hydrogens (primary N) is 1. The Bertz CT molecular complexity index is 314. The van der Waals surface area contributed by atoms with Gasteiger partial charge in [0.05, 0.1) is 0 Å². The van der Waals surface area contributed by atoms with Crippen molar-refractivity contribution in [2.45, 2.75) is 6.92 Å². The molecule has 0 amide bonds. The van der Waals surface area contributed by atoms with Gasteiger partial charge in [-0.15, -0.1) is 0 Å². The number of aromatic nitrogens is 1. The van der Waals surface area contributed by atoms with Crippen molar-refractivity contribution in [2.24, 2.45) is 5.73 Å². The fraction of sp³-hybridized carbons (Fsp3) is 0.222. The molecule has 0 aliphatic rings. The average molecular weight is 306 g/mol. The first kappa shape index (κ1) is 10.9. The normalized spacial score (nSPS) is 11.8. The molecule has 4 heteroatoms. The lowest BCUT2D eigenvalue weighted by Crippen LogP contribution is -1.99. The molecule has 0 radical (unpaired) electrons. The Morgan fingerprint density at radius 2 is 2.00 bits per heavy atom. The average Bonchev–Trinajstić information content (AvgIpc) is 2.11. The van der Waals surface area contributed by atoms with Crippen LogP contribution in [0.2, 0.25) is 0 Å². The van der Waals surface area contributed by atoms with E-state index < -0.39 is 0 Å². The Morgan fingerprint density at radius 3 is 2.46 bits per heavy atom. The Labute approximate surface area is 94.5 Å². The van der Waals surface area contributed by atoms with Crippen molar-refractivity contribution >= 4 is 37.9 Å². The summed E-state index contributed by atoms with van der Waals surface area (Å²) in [6, 6.07) is 0. The van der Waals surface area contributed by atoms with Crippen molar-refractivity contribution in [3.8, 4) is 0 Å². The Morgan fingerprint density at radius 1 is 1.46 bits per heavy atom. The minimum atomic E-state index is 0.571. The molecule has 0 bridgehead atoms. The van der Waals surface area contributed by atoms with Crippen LogP contribution < -0.4 is 5.73 Å². The van der Waals surface area contributed by atoms with E-state index in [-0.39, 0.29) is 0 Å². The van der Waals surface area contributed by atoms with Gasteiger partial charge in [-0.1, -0.05) is 11.6 Å². The van der Waals surface area contributed by atoms with E-state index in [2.05, 4.69) is 36.8 Å². The second-order valence-electron chi connectivity index (χ2n) is 2.71. The maximum atomic E-state index is 5.51. The summed E-state index contributed by atoms with van der Waals surface area (Å²) in [5.74, 6) is 0. The smallest absolute Gasteiger partial charge is 0.0442 e. The molecule has 0 saturated carbocycles. The molecule has 0 unspecified atom stereocenters. The molecule has 0 aliphatic carbocycles. The van der Waals surface area contributed by atoms with Crippen LogP contribution in [0, 0.1) is 0 Å². The summed E-state index contributed by atoms with van der Waals surface area (Å²) >= 11 is 6.85. The Hall–Kier alpha value is -0.190. The lowest BCUT2D eigenvalue weighted by Gasteiger charge is -2.02. The van der Waals surface area contributed by atoms with Gasteiger partial charge in [0, 0.05) is 33.4 Å². The lowest BCUT2D eigenvalue weighted by molar-refractivity contribution is 1.15. The van der Waals surface area contributed by atoms with Gasteiger partial charge in [-0.3, -0.25) is 4.98 Å².